The normalized spacial score (nSPS) is 11.1. The number of methoxy groups -OCH3 is 1. The van der Waals surface area contributed by atoms with Gasteiger partial charge in [0.2, 0.25) is 0 Å². The van der Waals surface area contributed by atoms with E-state index in [0.29, 0.717) is 24.8 Å². The van der Waals surface area contributed by atoms with Crippen molar-refractivity contribution in [2.24, 2.45) is 0 Å². The lowest BCUT2D eigenvalue weighted by atomic mass is 10.0. The Morgan fingerprint density at radius 1 is 1.31 bits per heavy atom. The molecule has 0 unspecified atom stereocenters. The summed E-state index contributed by atoms with van der Waals surface area (Å²) in [4.78, 5) is 18.9. The van der Waals surface area contributed by atoms with E-state index in [1.807, 2.05) is 26.0 Å². The van der Waals surface area contributed by atoms with Gasteiger partial charge >= 0.3 is 0 Å². The van der Waals surface area contributed by atoms with E-state index < -0.39 is 0 Å². The summed E-state index contributed by atoms with van der Waals surface area (Å²) in [5, 5.41) is 1.41. The number of aryl methyl sites for hydroxylation is 2. The third-order valence-electron chi connectivity index (χ3n) is 4.48. The maximum Gasteiger partial charge on any atom is 0.289 e. The Labute approximate surface area is 157 Å². The quantitative estimate of drug-likeness (QED) is 0.602. The summed E-state index contributed by atoms with van der Waals surface area (Å²) in [7, 11) is 1.60. The van der Waals surface area contributed by atoms with Crippen molar-refractivity contribution in [1.29, 1.82) is 0 Å². The number of carbonyl (C=O) groups excluding carboxylic acids is 1. The van der Waals surface area contributed by atoms with Gasteiger partial charge in [-0.05, 0) is 43.2 Å². The van der Waals surface area contributed by atoms with Gasteiger partial charge in [0.1, 0.15) is 5.15 Å². The topological polar surface area (TPSA) is 55.6 Å². The minimum absolute atomic E-state index is 0.205. The molecule has 6 heteroatoms. The molecule has 0 fully saturated rings. The van der Waals surface area contributed by atoms with Crippen LogP contribution in [0, 0.1) is 13.8 Å². The van der Waals surface area contributed by atoms with Gasteiger partial charge in [-0.3, -0.25) is 4.79 Å². The first-order chi connectivity index (χ1) is 12.5. The fourth-order valence-corrected chi connectivity index (χ4v) is 3.03. The lowest BCUT2D eigenvalue weighted by Crippen LogP contribution is -2.33. The van der Waals surface area contributed by atoms with Crippen LogP contribution in [0.15, 0.2) is 41.0 Å². The standard InChI is InChI=1S/C20H21ClN2O3/c1-13-6-7-15-11-16(19(21)22-18(15)14(13)2)12-23(8-10-25-3)20(24)17-5-4-9-26-17/h4-7,9,11H,8,10,12H2,1-3H3. The number of hydrogen-bond donors (Lipinski definition) is 0. The Morgan fingerprint density at radius 2 is 2.12 bits per heavy atom. The second-order valence-corrected chi connectivity index (χ2v) is 6.57. The molecule has 0 saturated carbocycles. The van der Waals surface area contributed by atoms with Crippen LogP contribution in [0.1, 0.15) is 27.2 Å². The minimum atomic E-state index is -0.205. The Balaban J connectivity index is 1.94. The average molecular weight is 373 g/mol. The number of halogens is 1. The van der Waals surface area contributed by atoms with Crippen LogP contribution in [0.25, 0.3) is 10.9 Å². The molecule has 0 radical (unpaired) electrons. The van der Waals surface area contributed by atoms with E-state index in [1.165, 1.54) is 11.8 Å². The number of benzene rings is 1. The van der Waals surface area contributed by atoms with Crippen LogP contribution >= 0.6 is 11.6 Å². The molecular formula is C20H21ClN2O3. The van der Waals surface area contributed by atoms with Gasteiger partial charge in [0.05, 0.1) is 18.4 Å². The summed E-state index contributed by atoms with van der Waals surface area (Å²) in [6, 6.07) is 9.42. The van der Waals surface area contributed by atoms with Crippen molar-refractivity contribution in [3.05, 3.63) is 64.2 Å². The zero-order valence-electron chi connectivity index (χ0n) is 15.1. The highest BCUT2D eigenvalue weighted by molar-refractivity contribution is 6.30. The molecule has 3 aromatic rings. The van der Waals surface area contributed by atoms with Gasteiger partial charge in [0, 0.05) is 31.1 Å². The highest BCUT2D eigenvalue weighted by Crippen LogP contribution is 2.26. The average Bonchev–Trinajstić information content (AvgIpc) is 3.17. The molecule has 0 bridgehead atoms. The summed E-state index contributed by atoms with van der Waals surface area (Å²) in [6.07, 6.45) is 1.48. The number of pyridine rings is 1. The van der Waals surface area contributed by atoms with Gasteiger partial charge in [-0.1, -0.05) is 23.7 Å². The number of fused-ring (bicyclic) bond motifs is 1. The summed E-state index contributed by atoms with van der Waals surface area (Å²) < 4.78 is 10.4. The zero-order chi connectivity index (χ0) is 18.7. The van der Waals surface area contributed by atoms with E-state index >= 15 is 0 Å². The van der Waals surface area contributed by atoms with Crippen molar-refractivity contribution in [2.75, 3.05) is 20.3 Å². The maximum atomic E-state index is 12.7. The van der Waals surface area contributed by atoms with Gasteiger partial charge in [-0.2, -0.15) is 0 Å². The molecule has 0 aliphatic carbocycles. The number of nitrogens with zero attached hydrogens (tertiary/aromatic N) is 2. The molecule has 26 heavy (non-hydrogen) atoms. The smallest absolute Gasteiger partial charge is 0.289 e. The van der Waals surface area contributed by atoms with Crippen molar-refractivity contribution in [1.82, 2.24) is 9.88 Å². The van der Waals surface area contributed by atoms with E-state index in [9.17, 15) is 4.79 Å². The molecule has 1 amide bonds. The molecule has 1 aromatic carbocycles. The molecule has 0 aliphatic heterocycles. The third-order valence-corrected chi connectivity index (χ3v) is 4.81. The van der Waals surface area contributed by atoms with Crippen LogP contribution < -0.4 is 0 Å². The Morgan fingerprint density at radius 3 is 2.81 bits per heavy atom. The molecule has 0 N–H and O–H groups in total. The van der Waals surface area contributed by atoms with Crippen LogP contribution in [-0.2, 0) is 11.3 Å². The fourth-order valence-electron chi connectivity index (χ4n) is 2.83. The van der Waals surface area contributed by atoms with E-state index in [2.05, 4.69) is 11.1 Å². The highest BCUT2D eigenvalue weighted by atomic mass is 35.5. The molecule has 0 atom stereocenters. The second-order valence-electron chi connectivity index (χ2n) is 6.21. The van der Waals surface area contributed by atoms with Gasteiger partial charge in [0.15, 0.2) is 5.76 Å². The van der Waals surface area contributed by atoms with Gasteiger partial charge < -0.3 is 14.1 Å². The van der Waals surface area contributed by atoms with E-state index in [-0.39, 0.29) is 11.7 Å². The van der Waals surface area contributed by atoms with E-state index in [0.717, 1.165) is 22.0 Å². The lowest BCUT2D eigenvalue weighted by Gasteiger charge is -2.22. The van der Waals surface area contributed by atoms with Gasteiger partial charge in [-0.25, -0.2) is 4.98 Å². The van der Waals surface area contributed by atoms with Crippen LogP contribution in [0.4, 0.5) is 0 Å². The fraction of sp³-hybridized carbons (Fsp3) is 0.300. The first-order valence-corrected chi connectivity index (χ1v) is 8.76. The molecule has 0 saturated heterocycles. The van der Waals surface area contributed by atoms with Crippen molar-refractivity contribution >= 4 is 28.4 Å². The predicted octanol–water partition coefficient (Wildman–Crippen LogP) is 4.39. The maximum absolute atomic E-state index is 12.7. The van der Waals surface area contributed by atoms with Crippen LogP contribution in [0.5, 0.6) is 0 Å². The summed E-state index contributed by atoms with van der Waals surface area (Å²) in [5.41, 5.74) is 3.96. The van der Waals surface area contributed by atoms with Crippen LogP contribution in [-0.4, -0.2) is 36.1 Å². The largest absolute Gasteiger partial charge is 0.459 e. The van der Waals surface area contributed by atoms with Crippen molar-refractivity contribution < 1.29 is 13.9 Å². The van der Waals surface area contributed by atoms with Crippen LogP contribution in [0.2, 0.25) is 5.15 Å². The number of amides is 1. The molecule has 2 heterocycles. The van der Waals surface area contributed by atoms with Crippen molar-refractivity contribution in [3.63, 3.8) is 0 Å². The minimum Gasteiger partial charge on any atom is -0.459 e. The Bertz CT molecular complexity index is 922. The monoisotopic (exact) mass is 372 g/mol. The van der Waals surface area contributed by atoms with E-state index in [4.69, 9.17) is 20.8 Å². The predicted molar refractivity (Wildman–Crippen MR) is 102 cm³/mol. The molecule has 2 aromatic heterocycles. The second kappa shape index (κ2) is 7.89. The first kappa shape index (κ1) is 18.4. The molecule has 5 nitrogen and oxygen atoms in total. The molecular weight excluding hydrogens is 352 g/mol. The summed E-state index contributed by atoms with van der Waals surface area (Å²) in [6.45, 7) is 5.26. The summed E-state index contributed by atoms with van der Waals surface area (Å²) >= 11 is 6.43. The number of hydrogen-bond acceptors (Lipinski definition) is 4. The number of furan rings is 1. The summed E-state index contributed by atoms with van der Waals surface area (Å²) in [5.74, 6) is 0.0840. The highest BCUT2D eigenvalue weighted by Gasteiger charge is 2.20. The van der Waals surface area contributed by atoms with Gasteiger partial charge in [0.25, 0.3) is 5.91 Å². The number of ether oxygens (including phenoxy) is 1. The number of aromatic nitrogens is 1. The Hall–Kier alpha value is -2.37. The SMILES string of the molecule is COCCN(Cc1cc2ccc(C)c(C)c2nc1Cl)C(=O)c1ccco1. The van der Waals surface area contributed by atoms with Gasteiger partial charge in [-0.15, -0.1) is 0 Å². The molecule has 0 spiro atoms. The number of carbonyl (C=O) groups is 1. The van der Waals surface area contributed by atoms with Crippen LogP contribution in [0.3, 0.4) is 0 Å². The van der Waals surface area contributed by atoms with E-state index in [1.54, 1.807) is 24.1 Å². The third kappa shape index (κ3) is 3.74. The lowest BCUT2D eigenvalue weighted by molar-refractivity contribution is 0.0649. The Kier molecular flexibility index (Phi) is 5.59. The molecule has 3 rings (SSSR count). The molecule has 0 aliphatic rings. The number of rotatable bonds is 6. The van der Waals surface area contributed by atoms with Crippen molar-refractivity contribution in [2.45, 2.75) is 20.4 Å². The van der Waals surface area contributed by atoms with Crippen molar-refractivity contribution in [3.8, 4) is 0 Å². The zero-order valence-corrected chi connectivity index (χ0v) is 15.8. The molecule has 136 valence electrons. The first-order valence-electron chi connectivity index (χ1n) is 8.38.